The summed E-state index contributed by atoms with van der Waals surface area (Å²) in [6, 6.07) is 2.28. The van der Waals surface area contributed by atoms with Crippen molar-refractivity contribution in [3.8, 4) is 0 Å². The van der Waals surface area contributed by atoms with Crippen molar-refractivity contribution in [2.24, 2.45) is 0 Å². The van der Waals surface area contributed by atoms with Crippen LogP contribution in [0.15, 0.2) is 24.3 Å². The van der Waals surface area contributed by atoms with E-state index in [1.54, 1.807) is 5.32 Å². The molecular weight excluding hydrogens is 454 g/mol. The van der Waals surface area contributed by atoms with Gasteiger partial charge in [-0.3, -0.25) is 4.79 Å². The van der Waals surface area contributed by atoms with Gasteiger partial charge in [-0.15, -0.1) is 0 Å². The molecular formula is C18H20F6N2O6. The van der Waals surface area contributed by atoms with Crippen LogP contribution < -0.4 is 10.6 Å². The van der Waals surface area contributed by atoms with E-state index in [4.69, 9.17) is 0 Å². The topological polar surface area (TPSA) is 114 Å². The number of benzene rings is 1. The van der Waals surface area contributed by atoms with E-state index in [0.717, 1.165) is 0 Å². The lowest BCUT2D eigenvalue weighted by Crippen LogP contribution is -2.69. The smallest absolute Gasteiger partial charge is 0.441 e. The number of carbonyl (C=O) groups is 3. The molecule has 0 saturated carbocycles. The number of alkyl halides is 6. The SMILES string of the molecule is CCOC(=O)[C@@](NC(C)=O)(Nc1ccc([C@](O)(C(=O)OCC)C(F)(F)F)cc1)C(F)(F)F. The summed E-state index contributed by atoms with van der Waals surface area (Å²) in [5.74, 6) is -5.24. The van der Waals surface area contributed by atoms with Gasteiger partial charge in [0.1, 0.15) is 0 Å². The molecule has 0 aliphatic rings. The molecule has 14 heteroatoms. The summed E-state index contributed by atoms with van der Waals surface area (Å²) in [5.41, 5.74) is -9.51. The molecule has 0 aliphatic heterocycles. The first-order valence-corrected chi connectivity index (χ1v) is 8.94. The fourth-order valence-electron chi connectivity index (χ4n) is 2.54. The fraction of sp³-hybridized carbons (Fsp3) is 0.500. The van der Waals surface area contributed by atoms with Crippen LogP contribution in [-0.4, -0.2) is 54.2 Å². The number of nitrogens with one attached hydrogen (secondary N) is 2. The first-order chi connectivity index (χ1) is 14.6. The number of ether oxygens (including phenoxy) is 2. The fourth-order valence-corrected chi connectivity index (χ4v) is 2.54. The molecule has 0 bridgehead atoms. The number of esters is 2. The van der Waals surface area contributed by atoms with Crippen molar-refractivity contribution in [1.82, 2.24) is 5.32 Å². The Bertz CT molecular complexity index is 842. The van der Waals surface area contributed by atoms with Gasteiger partial charge >= 0.3 is 30.0 Å². The molecule has 32 heavy (non-hydrogen) atoms. The summed E-state index contributed by atoms with van der Waals surface area (Å²) in [4.78, 5) is 35.2. The van der Waals surface area contributed by atoms with Crippen molar-refractivity contribution in [1.29, 1.82) is 0 Å². The van der Waals surface area contributed by atoms with Gasteiger partial charge in [-0.2, -0.15) is 26.3 Å². The quantitative estimate of drug-likeness (QED) is 0.301. The van der Waals surface area contributed by atoms with Gasteiger partial charge in [-0.25, -0.2) is 9.59 Å². The molecule has 3 N–H and O–H groups in total. The van der Waals surface area contributed by atoms with Crippen LogP contribution >= 0.6 is 0 Å². The molecule has 1 amide bonds. The Hall–Kier alpha value is -3.03. The van der Waals surface area contributed by atoms with Crippen LogP contribution in [0.2, 0.25) is 0 Å². The van der Waals surface area contributed by atoms with Crippen LogP contribution in [0.25, 0.3) is 0 Å². The zero-order valence-corrected chi connectivity index (χ0v) is 17.0. The summed E-state index contributed by atoms with van der Waals surface area (Å²) in [6.45, 7) is 2.16. The first kappa shape index (κ1) is 27.0. The van der Waals surface area contributed by atoms with Gasteiger partial charge in [-0.1, -0.05) is 12.1 Å². The monoisotopic (exact) mass is 474 g/mol. The standard InChI is InChI=1S/C18H20F6N2O6/c1-4-31-13(28)15(30,17(19,20)21)11-6-8-12(9-7-11)26-16(18(22,23)24,25-10(3)27)14(29)32-5-2/h6-9,26,30H,4-5H2,1-3H3,(H,25,27)/t15-,16+/m0/s1. The normalized spacial score (nSPS) is 15.7. The zero-order valence-electron chi connectivity index (χ0n) is 17.0. The highest BCUT2D eigenvalue weighted by Crippen LogP contribution is 2.41. The summed E-state index contributed by atoms with van der Waals surface area (Å²) >= 11 is 0. The average molecular weight is 474 g/mol. The second-order valence-electron chi connectivity index (χ2n) is 6.28. The first-order valence-electron chi connectivity index (χ1n) is 8.94. The van der Waals surface area contributed by atoms with Gasteiger partial charge in [0, 0.05) is 18.2 Å². The number of rotatable bonds is 8. The minimum absolute atomic E-state index is 0.477. The highest BCUT2D eigenvalue weighted by Gasteiger charge is 2.64. The minimum Gasteiger partial charge on any atom is -0.463 e. The zero-order chi connectivity index (χ0) is 25.0. The van der Waals surface area contributed by atoms with Gasteiger partial charge in [0.25, 0.3) is 5.60 Å². The lowest BCUT2D eigenvalue weighted by atomic mass is 9.92. The molecule has 1 rings (SSSR count). The van der Waals surface area contributed by atoms with Crippen molar-refractivity contribution in [3.63, 3.8) is 0 Å². The Labute approximate surface area is 177 Å². The number of amides is 1. The van der Waals surface area contributed by atoms with Gasteiger partial charge in [0.15, 0.2) is 0 Å². The Morgan fingerprint density at radius 1 is 0.875 bits per heavy atom. The number of hydrogen-bond acceptors (Lipinski definition) is 7. The number of halogens is 6. The van der Waals surface area contributed by atoms with E-state index in [1.807, 2.05) is 0 Å². The summed E-state index contributed by atoms with van der Waals surface area (Å²) in [7, 11) is 0. The van der Waals surface area contributed by atoms with Gasteiger partial charge in [0.05, 0.1) is 13.2 Å². The highest BCUT2D eigenvalue weighted by molar-refractivity contribution is 5.90. The van der Waals surface area contributed by atoms with E-state index in [1.165, 1.54) is 19.2 Å². The third kappa shape index (κ3) is 5.23. The van der Waals surface area contributed by atoms with E-state index in [0.29, 0.717) is 31.2 Å². The molecule has 0 aliphatic carbocycles. The number of hydrogen-bond donors (Lipinski definition) is 3. The van der Waals surface area contributed by atoms with Crippen LogP contribution in [-0.2, 0) is 29.5 Å². The Kier molecular flexibility index (Phi) is 8.12. The summed E-state index contributed by atoms with van der Waals surface area (Å²) in [6.07, 6.45) is -11.0. The molecule has 0 aromatic heterocycles. The van der Waals surface area contributed by atoms with E-state index in [9.17, 15) is 45.8 Å². The molecule has 1 aromatic rings. The summed E-state index contributed by atoms with van der Waals surface area (Å²) < 4.78 is 90.2. The van der Waals surface area contributed by atoms with Crippen LogP contribution in [0.5, 0.6) is 0 Å². The van der Waals surface area contributed by atoms with Crippen molar-refractivity contribution < 1.29 is 55.3 Å². The average Bonchev–Trinajstić information content (AvgIpc) is 2.65. The molecule has 0 fully saturated rings. The molecule has 0 heterocycles. The molecule has 1 aromatic carbocycles. The van der Waals surface area contributed by atoms with Gasteiger partial charge in [-0.05, 0) is 26.0 Å². The Morgan fingerprint density at radius 2 is 1.34 bits per heavy atom. The highest BCUT2D eigenvalue weighted by atomic mass is 19.4. The lowest BCUT2D eigenvalue weighted by Gasteiger charge is -2.35. The predicted molar refractivity (Wildman–Crippen MR) is 95.9 cm³/mol. The van der Waals surface area contributed by atoms with Crippen LogP contribution in [0, 0.1) is 0 Å². The van der Waals surface area contributed by atoms with Crippen molar-refractivity contribution >= 4 is 23.5 Å². The van der Waals surface area contributed by atoms with Crippen molar-refractivity contribution in [2.45, 2.75) is 44.4 Å². The molecule has 0 spiro atoms. The van der Waals surface area contributed by atoms with Crippen molar-refractivity contribution in [3.05, 3.63) is 29.8 Å². The van der Waals surface area contributed by atoms with Crippen molar-refractivity contribution in [2.75, 3.05) is 18.5 Å². The molecule has 0 saturated heterocycles. The van der Waals surface area contributed by atoms with E-state index < -0.39 is 65.9 Å². The van der Waals surface area contributed by atoms with Crippen LogP contribution in [0.3, 0.4) is 0 Å². The molecule has 0 unspecified atom stereocenters. The lowest BCUT2D eigenvalue weighted by molar-refractivity contribution is -0.267. The number of anilines is 1. The Balaban J connectivity index is 3.49. The summed E-state index contributed by atoms with van der Waals surface area (Å²) in [5, 5.41) is 13.1. The second-order valence-corrected chi connectivity index (χ2v) is 6.28. The van der Waals surface area contributed by atoms with Crippen LogP contribution in [0.4, 0.5) is 32.0 Å². The number of aliphatic hydroxyl groups is 1. The maximum Gasteiger partial charge on any atom is 0.441 e. The maximum absolute atomic E-state index is 13.8. The van der Waals surface area contributed by atoms with Crippen LogP contribution in [0.1, 0.15) is 26.3 Å². The van der Waals surface area contributed by atoms with Gasteiger partial charge < -0.3 is 25.2 Å². The predicted octanol–water partition coefficient (Wildman–Crippen LogP) is 2.37. The third-order valence-electron chi connectivity index (χ3n) is 3.99. The number of carbonyl (C=O) groups excluding carboxylic acids is 3. The van der Waals surface area contributed by atoms with Gasteiger partial charge in [0.2, 0.25) is 5.91 Å². The largest absolute Gasteiger partial charge is 0.463 e. The molecule has 0 radical (unpaired) electrons. The second kappa shape index (κ2) is 9.63. The Morgan fingerprint density at radius 3 is 1.72 bits per heavy atom. The van der Waals surface area contributed by atoms with E-state index in [2.05, 4.69) is 9.47 Å². The minimum atomic E-state index is -5.52. The molecule has 180 valence electrons. The van der Waals surface area contributed by atoms with E-state index in [-0.39, 0.29) is 0 Å². The molecule has 2 atom stereocenters. The molecule has 8 nitrogen and oxygen atoms in total. The maximum atomic E-state index is 13.8. The van der Waals surface area contributed by atoms with E-state index >= 15 is 0 Å². The third-order valence-corrected chi connectivity index (χ3v) is 3.99.